The van der Waals surface area contributed by atoms with Gasteiger partial charge in [-0.3, -0.25) is 4.79 Å². The molecule has 0 bridgehead atoms. The Balaban J connectivity index is 1.66. The Kier molecular flexibility index (Phi) is 5.86. The van der Waals surface area contributed by atoms with Gasteiger partial charge in [0.05, 0.1) is 20.8 Å². The quantitative estimate of drug-likeness (QED) is 0.511. The number of Topliss-reactive ketones (excluding diaryl/α,β-unsaturated/α-hetero) is 1. The molecule has 3 aromatic rings. The number of phenols is 1. The van der Waals surface area contributed by atoms with Crippen LogP contribution in [0.1, 0.15) is 45.2 Å². The first-order chi connectivity index (χ1) is 17.2. The number of anilines is 1. The number of allylic oxidation sites excluding steroid dienone is 2. The summed E-state index contributed by atoms with van der Waals surface area (Å²) in [5.41, 5.74) is 2.88. The summed E-state index contributed by atoms with van der Waals surface area (Å²) in [6, 6.07) is 10.1. The van der Waals surface area contributed by atoms with Gasteiger partial charge in [-0.05, 0) is 54.7 Å². The van der Waals surface area contributed by atoms with Gasteiger partial charge in [0.2, 0.25) is 5.95 Å². The van der Waals surface area contributed by atoms with Gasteiger partial charge in [0.25, 0.3) is 0 Å². The maximum atomic E-state index is 13.5. The standard InChI is InChI=1S/C27H30N4O5/c1-6-36-21-11-15(7-9-18(21)32)24-23-17(13-27(2,3)14-19(23)33)28-26-29-25(30-31(24)26)16-8-10-20(34-4)22(12-16)35-5/h7-12,24,32H,6,13-14H2,1-5H3,(H,28,29,30). The van der Waals surface area contributed by atoms with Crippen molar-refractivity contribution in [3.63, 3.8) is 0 Å². The van der Waals surface area contributed by atoms with Crippen LogP contribution in [0.4, 0.5) is 5.95 Å². The van der Waals surface area contributed by atoms with Gasteiger partial charge >= 0.3 is 0 Å². The normalized spacial score (nSPS) is 18.2. The smallest absolute Gasteiger partial charge is 0.226 e. The maximum absolute atomic E-state index is 13.5. The molecule has 2 aliphatic rings. The second-order valence-electron chi connectivity index (χ2n) is 9.79. The topological polar surface area (TPSA) is 108 Å². The van der Waals surface area contributed by atoms with E-state index in [-0.39, 0.29) is 16.9 Å². The molecule has 1 aliphatic heterocycles. The van der Waals surface area contributed by atoms with Gasteiger partial charge in [0.15, 0.2) is 34.6 Å². The Hall–Kier alpha value is -4.01. The molecule has 9 nitrogen and oxygen atoms in total. The van der Waals surface area contributed by atoms with Crippen molar-refractivity contribution in [2.45, 2.75) is 39.7 Å². The number of nitrogens with zero attached hydrogens (tertiary/aromatic N) is 3. The van der Waals surface area contributed by atoms with Gasteiger partial charge in [0.1, 0.15) is 6.04 Å². The van der Waals surface area contributed by atoms with E-state index in [4.69, 9.17) is 24.3 Å². The summed E-state index contributed by atoms with van der Waals surface area (Å²) in [5, 5.41) is 18.5. The Morgan fingerprint density at radius 3 is 2.58 bits per heavy atom. The second kappa shape index (κ2) is 8.89. The molecule has 1 aromatic heterocycles. The van der Waals surface area contributed by atoms with Gasteiger partial charge < -0.3 is 24.6 Å². The summed E-state index contributed by atoms with van der Waals surface area (Å²) in [7, 11) is 3.17. The third-order valence-electron chi connectivity index (χ3n) is 6.57. The number of aromatic hydroxyl groups is 1. The first-order valence-corrected chi connectivity index (χ1v) is 11.9. The van der Waals surface area contributed by atoms with Crippen molar-refractivity contribution in [1.29, 1.82) is 0 Å². The molecular formula is C27H30N4O5. The molecule has 0 radical (unpaired) electrons. The summed E-state index contributed by atoms with van der Waals surface area (Å²) in [6.07, 6.45) is 1.15. The number of hydrogen-bond acceptors (Lipinski definition) is 8. The van der Waals surface area contributed by atoms with Crippen LogP contribution in [0, 0.1) is 5.41 Å². The van der Waals surface area contributed by atoms with Gasteiger partial charge in [-0.2, -0.15) is 4.98 Å². The van der Waals surface area contributed by atoms with E-state index >= 15 is 0 Å². The number of hydrogen-bond donors (Lipinski definition) is 2. The highest BCUT2D eigenvalue weighted by atomic mass is 16.5. The lowest BCUT2D eigenvalue weighted by Crippen LogP contribution is -2.36. The highest BCUT2D eigenvalue weighted by molar-refractivity contribution is 6.00. The molecule has 0 fully saturated rings. The van der Waals surface area contributed by atoms with Crippen molar-refractivity contribution in [2.24, 2.45) is 5.41 Å². The first kappa shape index (κ1) is 23.7. The van der Waals surface area contributed by atoms with E-state index < -0.39 is 6.04 Å². The molecule has 0 saturated carbocycles. The molecule has 2 N–H and O–H groups in total. The van der Waals surface area contributed by atoms with Crippen molar-refractivity contribution in [1.82, 2.24) is 14.8 Å². The zero-order valence-corrected chi connectivity index (χ0v) is 21.1. The summed E-state index contributed by atoms with van der Waals surface area (Å²) in [5.74, 6) is 2.68. The molecule has 2 heterocycles. The third kappa shape index (κ3) is 4.04. The lowest BCUT2D eigenvalue weighted by molar-refractivity contribution is -0.118. The Morgan fingerprint density at radius 1 is 1.08 bits per heavy atom. The number of ketones is 1. The summed E-state index contributed by atoms with van der Waals surface area (Å²) in [6.45, 7) is 6.44. The van der Waals surface area contributed by atoms with Gasteiger partial charge in [-0.25, -0.2) is 4.68 Å². The van der Waals surface area contributed by atoms with E-state index in [1.54, 1.807) is 37.1 Å². The third-order valence-corrected chi connectivity index (χ3v) is 6.57. The van der Waals surface area contributed by atoms with Crippen LogP contribution < -0.4 is 19.5 Å². The highest BCUT2D eigenvalue weighted by Gasteiger charge is 2.42. The molecule has 188 valence electrons. The number of phenolic OH excluding ortho intramolecular Hbond substituents is 1. The highest BCUT2D eigenvalue weighted by Crippen LogP contribution is 2.46. The van der Waals surface area contributed by atoms with Crippen LogP contribution in [0.2, 0.25) is 0 Å². The number of carbonyl (C=O) groups excluding carboxylic acids is 1. The number of ether oxygens (including phenoxy) is 3. The monoisotopic (exact) mass is 490 g/mol. The zero-order chi connectivity index (χ0) is 25.6. The van der Waals surface area contributed by atoms with Crippen LogP contribution in [0.15, 0.2) is 47.7 Å². The van der Waals surface area contributed by atoms with Crippen molar-refractivity contribution in [3.05, 3.63) is 53.2 Å². The summed E-state index contributed by atoms with van der Waals surface area (Å²) in [4.78, 5) is 18.3. The predicted molar refractivity (Wildman–Crippen MR) is 135 cm³/mol. The van der Waals surface area contributed by atoms with Crippen LogP contribution in [0.3, 0.4) is 0 Å². The summed E-state index contributed by atoms with van der Waals surface area (Å²) < 4.78 is 18.2. The Bertz CT molecular complexity index is 1370. The molecule has 1 unspecified atom stereocenters. The molecule has 5 rings (SSSR count). The predicted octanol–water partition coefficient (Wildman–Crippen LogP) is 4.72. The number of methoxy groups -OCH3 is 2. The van der Waals surface area contributed by atoms with E-state index in [0.717, 1.165) is 16.8 Å². The Labute approximate surface area is 209 Å². The minimum absolute atomic E-state index is 0.0460. The van der Waals surface area contributed by atoms with Crippen LogP contribution >= 0.6 is 0 Å². The molecule has 0 saturated heterocycles. The van der Waals surface area contributed by atoms with E-state index in [1.165, 1.54) is 0 Å². The zero-order valence-electron chi connectivity index (χ0n) is 21.1. The lowest BCUT2D eigenvalue weighted by Gasteiger charge is -2.38. The van der Waals surface area contributed by atoms with Crippen molar-refractivity contribution >= 4 is 11.7 Å². The second-order valence-corrected chi connectivity index (χ2v) is 9.79. The van der Waals surface area contributed by atoms with Crippen LogP contribution in [0.25, 0.3) is 11.4 Å². The van der Waals surface area contributed by atoms with Crippen molar-refractivity contribution in [3.8, 4) is 34.4 Å². The lowest BCUT2D eigenvalue weighted by atomic mass is 9.73. The van der Waals surface area contributed by atoms with Crippen LogP contribution in [-0.2, 0) is 4.79 Å². The molecular weight excluding hydrogens is 460 g/mol. The number of rotatable bonds is 6. The molecule has 1 aliphatic carbocycles. The SMILES string of the molecule is CCOc1cc(C2C3=C(CC(C)(C)CC3=O)Nc3nc(-c4ccc(OC)c(OC)c4)nn32)ccc1O. The van der Waals surface area contributed by atoms with E-state index in [9.17, 15) is 9.90 Å². The fourth-order valence-electron chi connectivity index (χ4n) is 4.99. The minimum Gasteiger partial charge on any atom is -0.504 e. The van der Waals surface area contributed by atoms with E-state index in [2.05, 4.69) is 19.2 Å². The molecule has 0 amide bonds. The van der Waals surface area contributed by atoms with E-state index in [1.807, 2.05) is 25.1 Å². The molecule has 2 aromatic carbocycles. The molecule has 0 spiro atoms. The van der Waals surface area contributed by atoms with Crippen LogP contribution in [-0.4, -0.2) is 46.5 Å². The van der Waals surface area contributed by atoms with Gasteiger partial charge in [0, 0.05) is 23.3 Å². The fraction of sp³-hybridized carbons (Fsp3) is 0.370. The molecule has 9 heteroatoms. The number of fused-ring (bicyclic) bond motifs is 1. The number of nitrogens with one attached hydrogen (secondary N) is 1. The Morgan fingerprint density at radius 2 is 1.86 bits per heavy atom. The fourth-order valence-corrected chi connectivity index (χ4v) is 4.99. The maximum Gasteiger partial charge on any atom is 0.226 e. The van der Waals surface area contributed by atoms with Crippen molar-refractivity contribution < 1.29 is 24.1 Å². The minimum atomic E-state index is -0.513. The number of benzene rings is 2. The average molecular weight is 491 g/mol. The van der Waals surface area contributed by atoms with E-state index in [0.29, 0.717) is 54.0 Å². The van der Waals surface area contributed by atoms with Crippen molar-refractivity contribution in [2.75, 3.05) is 26.1 Å². The number of carbonyl (C=O) groups is 1. The average Bonchev–Trinajstić information content (AvgIpc) is 3.26. The first-order valence-electron chi connectivity index (χ1n) is 11.9. The van der Waals surface area contributed by atoms with Gasteiger partial charge in [-0.1, -0.05) is 19.9 Å². The largest absolute Gasteiger partial charge is 0.504 e. The number of aromatic nitrogens is 3. The summed E-state index contributed by atoms with van der Waals surface area (Å²) >= 11 is 0. The van der Waals surface area contributed by atoms with Gasteiger partial charge in [-0.15, -0.1) is 5.10 Å². The molecule has 36 heavy (non-hydrogen) atoms. The molecule has 1 atom stereocenters. The van der Waals surface area contributed by atoms with Crippen LogP contribution in [0.5, 0.6) is 23.0 Å².